The van der Waals surface area contributed by atoms with Gasteiger partial charge in [-0.05, 0) is 37.0 Å². The zero-order valence-corrected chi connectivity index (χ0v) is 13.7. The van der Waals surface area contributed by atoms with Gasteiger partial charge in [-0.2, -0.15) is 0 Å². The van der Waals surface area contributed by atoms with Gasteiger partial charge in [0, 0.05) is 12.1 Å². The first-order valence-electron chi connectivity index (χ1n) is 7.40. The van der Waals surface area contributed by atoms with E-state index in [0.29, 0.717) is 12.3 Å². The molecule has 0 radical (unpaired) electrons. The van der Waals surface area contributed by atoms with Gasteiger partial charge in [0.1, 0.15) is 0 Å². The molecule has 0 bridgehead atoms. The van der Waals surface area contributed by atoms with Crippen molar-refractivity contribution in [3.05, 3.63) is 29.8 Å². The lowest BCUT2D eigenvalue weighted by Gasteiger charge is -2.21. The van der Waals surface area contributed by atoms with Crippen LogP contribution < -0.4 is 5.32 Å². The Hall–Kier alpha value is -1.88. The van der Waals surface area contributed by atoms with Gasteiger partial charge in [-0.1, -0.05) is 26.0 Å². The maximum Gasteiger partial charge on any atom is 0.303 e. The Kier molecular flexibility index (Phi) is 6.56. The van der Waals surface area contributed by atoms with E-state index in [9.17, 15) is 9.59 Å². The number of aliphatic carboxylic acids is 1. The highest BCUT2D eigenvalue weighted by atomic mass is 16.5. The molecule has 0 heterocycles. The van der Waals surface area contributed by atoms with Crippen molar-refractivity contribution in [2.75, 3.05) is 5.32 Å². The largest absolute Gasteiger partial charge is 0.481 e. The SMILES string of the molecule is CC(C)OCc1cccc(NC(=O)CC(C)(C)CC(=O)O)c1. The number of rotatable bonds is 8. The topological polar surface area (TPSA) is 75.6 Å². The number of carboxylic acids is 1. The fraction of sp³-hybridized carbons (Fsp3) is 0.529. The molecule has 0 saturated heterocycles. The first-order chi connectivity index (χ1) is 10.2. The third-order valence-electron chi connectivity index (χ3n) is 3.06. The summed E-state index contributed by atoms with van der Waals surface area (Å²) in [6, 6.07) is 7.47. The average molecular weight is 307 g/mol. The Morgan fingerprint density at radius 3 is 2.55 bits per heavy atom. The molecule has 0 atom stereocenters. The van der Waals surface area contributed by atoms with E-state index >= 15 is 0 Å². The average Bonchev–Trinajstić information content (AvgIpc) is 2.34. The van der Waals surface area contributed by atoms with Gasteiger partial charge in [0.25, 0.3) is 0 Å². The molecule has 5 nitrogen and oxygen atoms in total. The van der Waals surface area contributed by atoms with Crippen molar-refractivity contribution in [1.82, 2.24) is 0 Å². The molecule has 1 aromatic rings. The van der Waals surface area contributed by atoms with Crippen LogP contribution >= 0.6 is 0 Å². The highest BCUT2D eigenvalue weighted by Gasteiger charge is 2.25. The normalized spacial score (nSPS) is 11.5. The zero-order valence-electron chi connectivity index (χ0n) is 13.7. The molecule has 0 aliphatic rings. The molecule has 0 unspecified atom stereocenters. The highest BCUT2D eigenvalue weighted by molar-refractivity contribution is 5.91. The number of carbonyl (C=O) groups is 2. The molecule has 122 valence electrons. The van der Waals surface area contributed by atoms with E-state index in [-0.39, 0.29) is 24.9 Å². The number of carboxylic acid groups (broad SMARTS) is 1. The second-order valence-electron chi connectivity index (χ2n) is 6.52. The van der Waals surface area contributed by atoms with E-state index in [1.807, 2.05) is 32.0 Å². The minimum Gasteiger partial charge on any atom is -0.481 e. The van der Waals surface area contributed by atoms with Crippen molar-refractivity contribution in [2.24, 2.45) is 5.41 Å². The lowest BCUT2D eigenvalue weighted by Crippen LogP contribution is -2.24. The van der Waals surface area contributed by atoms with Gasteiger partial charge in [0.2, 0.25) is 5.91 Å². The summed E-state index contributed by atoms with van der Waals surface area (Å²) in [5.41, 5.74) is 1.10. The summed E-state index contributed by atoms with van der Waals surface area (Å²) in [4.78, 5) is 22.8. The van der Waals surface area contributed by atoms with Crippen LogP contribution in [0.25, 0.3) is 0 Å². The quantitative estimate of drug-likeness (QED) is 0.771. The number of nitrogens with one attached hydrogen (secondary N) is 1. The minimum atomic E-state index is -0.898. The molecule has 5 heteroatoms. The van der Waals surface area contributed by atoms with Crippen molar-refractivity contribution < 1.29 is 19.4 Å². The highest BCUT2D eigenvalue weighted by Crippen LogP contribution is 2.25. The maximum atomic E-state index is 12.1. The van der Waals surface area contributed by atoms with Gasteiger partial charge in [-0.3, -0.25) is 9.59 Å². The van der Waals surface area contributed by atoms with Crippen LogP contribution in [0.2, 0.25) is 0 Å². The molecular formula is C17H25NO4. The van der Waals surface area contributed by atoms with Gasteiger partial charge in [0.05, 0.1) is 19.1 Å². The zero-order chi connectivity index (χ0) is 16.8. The van der Waals surface area contributed by atoms with E-state index in [2.05, 4.69) is 5.32 Å². The molecule has 0 spiro atoms. The monoisotopic (exact) mass is 307 g/mol. The van der Waals surface area contributed by atoms with Gasteiger partial charge >= 0.3 is 5.97 Å². The number of amides is 1. The van der Waals surface area contributed by atoms with Crippen LogP contribution in [0.15, 0.2) is 24.3 Å². The molecule has 0 aliphatic heterocycles. The smallest absolute Gasteiger partial charge is 0.303 e. The summed E-state index contributed by atoms with van der Waals surface area (Å²) in [6.07, 6.45) is 0.268. The summed E-state index contributed by atoms with van der Waals surface area (Å²) in [7, 11) is 0. The summed E-state index contributed by atoms with van der Waals surface area (Å²) >= 11 is 0. The number of anilines is 1. The Labute approximate surface area is 131 Å². The Morgan fingerprint density at radius 1 is 1.27 bits per heavy atom. The van der Waals surface area contributed by atoms with Crippen molar-refractivity contribution in [3.8, 4) is 0 Å². The lowest BCUT2D eigenvalue weighted by molar-refractivity contribution is -0.139. The molecule has 1 rings (SSSR count). The van der Waals surface area contributed by atoms with E-state index in [1.54, 1.807) is 19.9 Å². The van der Waals surface area contributed by atoms with Crippen LogP contribution in [-0.2, 0) is 20.9 Å². The van der Waals surface area contributed by atoms with Crippen molar-refractivity contribution in [2.45, 2.75) is 53.2 Å². The summed E-state index contributed by atoms with van der Waals surface area (Å²) in [5.74, 6) is -1.08. The summed E-state index contributed by atoms with van der Waals surface area (Å²) in [6.45, 7) is 7.97. The van der Waals surface area contributed by atoms with Crippen molar-refractivity contribution in [1.29, 1.82) is 0 Å². The number of benzene rings is 1. The first kappa shape index (κ1) is 18.2. The number of hydrogen-bond donors (Lipinski definition) is 2. The van der Waals surface area contributed by atoms with Crippen LogP contribution in [0.3, 0.4) is 0 Å². The number of carbonyl (C=O) groups excluding carboxylic acids is 1. The van der Waals surface area contributed by atoms with E-state index < -0.39 is 11.4 Å². The summed E-state index contributed by atoms with van der Waals surface area (Å²) in [5, 5.41) is 11.7. The van der Waals surface area contributed by atoms with Crippen LogP contribution in [-0.4, -0.2) is 23.1 Å². The maximum absolute atomic E-state index is 12.1. The molecule has 0 aromatic heterocycles. The lowest BCUT2D eigenvalue weighted by atomic mass is 9.85. The predicted molar refractivity (Wildman–Crippen MR) is 85.6 cm³/mol. The van der Waals surface area contributed by atoms with Gasteiger partial charge in [-0.25, -0.2) is 0 Å². The third-order valence-corrected chi connectivity index (χ3v) is 3.06. The third kappa shape index (κ3) is 7.22. The Bertz CT molecular complexity index is 523. The minimum absolute atomic E-state index is 0.0390. The van der Waals surface area contributed by atoms with E-state index in [4.69, 9.17) is 9.84 Å². The molecule has 0 aliphatic carbocycles. The second kappa shape index (κ2) is 7.94. The molecule has 1 aromatic carbocycles. The Morgan fingerprint density at radius 2 is 1.95 bits per heavy atom. The van der Waals surface area contributed by atoms with Crippen LogP contribution in [0.4, 0.5) is 5.69 Å². The molecule has 0 saturated carbocycles. The first-order valence-corrected chi connectivity index (χ1v) is 7.40. The molecule has 22 heavy (non-hydrogen) atoms. The number of hydrogen-bond acceptors (Lipinski definition) is 3. The van der Waals surface area contributed by atoms with Crippen molar-refractivity contribution >= 4 is 17.6 Å². The van der Waals surface area contributed by atoms with Gasteiger partial charge in [0.15, 0.2) is 0 Å². The molecular weight excluding hydrogens is 282 g/mol. The van der Waals surface area contributed by atoms with E-state index in [1.165, 1.54) is 0 Å². The van der Waals surface area contributed by atoms with Crippen LogP contribution in [0.1, 0.15) is 46.1 Å². The van der Waals surface area contributed by atoms with Crippen LogP contribution in [0.5, 0.6) is 0 Å². The second-order valence-corrected chi connectivity index (χ2v) is 6.52. The molecule has 1 amide bonds. The fourth-order valence-corrected chi connectivity index (χ4v) is 2.11. The van der Waals surface area contributed by atoms with Crippen LogP contribution in [0, 0.1) is 5.41 Å². The molecule has 0 fully saturated rings. The van der Waals surface area contributed by atoms with Gasteiger partial charge < -0.3 is 15.2 Å². The standard InChI is InChI=1S/C17H25NO4/c1-12(2)22-11-13-6-5-7-14(8-13)18-15(19)9-17(3,4)10-16(20)21/h5-8,12H,9-11H2,1-4H3,(H,18,19)(H,20,21). The predicted octanol–water partition coefficient (Wildman–Crippen LogP) is 3.44. The summed E-state index contributed by atoms with van der Waals surface area (Å²) < 4.78 is 5.53. The number of ether oxygens (including phenoxy) is 1. The molecule has 2 N–H and O–H groups in total. The Balaban J connectivity index is 2.60. The van der Waals surface area contributed by atoms with Crippen molar-refractivity contribution in [3.63, 3.8) is 0 Å². The van der Waals surface area contributed by atoms with E-state index in [0.717, 1.165) is 5.56 Å². The fourth-order valence-electron chi connectivity index (χ4n) is 2.11. The van der Waals surface area contributed by atoms with Gasteiger partial charge in [-0.15, -0.1) is 0 Å².